The fraction of sp³-hybridized carbons (Fsp3) is 0.583. The van der Waals surface area contributed by atoms with Gasteiger partial charge in [0.2, 0.25) is 6.29 Å². The predicted molar refractivity (Wildman–Crippen MR) is 118 cm³/mol. The molecule has 9 nitrogen and oxygen atoms in total. The molecule has 3 N–H and O–H groups in total. The van der Waals surface area contributed by atoms with Crippen molar-refractivity contribution in [1.29, 1.82) is 0 Å². The van der Waals surface area contributed by atoms with E-state index < -0.39 is 48.1 Å². The first-order valence-corrected chi connectivity index (χ1v) is 10.9. The van der Waals surface area contributed by atoms with Crippen molar-refractivity contribution in [2.24, 2.45) is 5.41 Å². The number of carbonyl (C=O) groups is 2. The summed E-state index contributed by atoms with van der Waals surface area (Å²) in [4.78, 5) is 24.8. The van der Waals surface area contributed by atoms with Gasteiger partial charge in [0.1, 0.15) is 30.7 Å². The molecule has 0 aromatic heterocycles. The lowest BCUT2D eigenvalue weighted by Crippen LogP contribution is -2.61. The molecule has 0 unspecified atom stereocenters. The van der Waals surface area contributed by atoms with Crippen molar-refractivity contribution in [1.82, 2.24) is 0 Å². The highest BCUT2D eigenvalue weighted by Crippen LogP contribution is 2.29. The molecule has 33 heavy (non-hydrogen) atoms. The number of esters is 2. The van der Waals surface area contributed by atoms with E-state index in [9.17, 15) is 24.9 Å². The van der Waals surface area contributed by atoms with Gasteiger partial charge in [-0.3, -0.25) is 4.79 Å². The molecule has 1 aromatic rings. The van der Waals surface area contributed by atoms with Crippen LogP contribution in [-0.4, -0.2) is 71.2 Å². The van der Waals surface area contributed by atoms with Crippen LogP contribution in [0.2, 0.25) is 0 Å². The summed E-state index contributed by atoms with van der Waals surface area (Å²) in [5.41, 5.74) is 1.14. The Hall–Kier alpha value is -2.46. The highest BCUT2D eigenvalue weighted by atomic mass is 16.7. The zero-order chi connectivity index (χ0) is 24.8. The van der Waals surface area contributed by atoms with Crippen LogP contribution in [0.3, 0.4) is 0 Å². The lowest BCUT2D eigenvalue weighted by Gasteiger charge is -2.39. The summed E-state index contributed by atoms with van der Waals surface area (Å²) in [5, 5.41) is 30.3. The quantitative estimate of drug-likeness (QED) is 0.267. The van der Waals surface area contributed by atoms with Gasteiger partial charge in [0, 0.05) is 0 Å². The highest BCUT2D eigenvalue weighted by Gasteiger charge is 2.49. The van der Waals surface area contributed by atoms with Gasteiger partial charge in [0.05, 0.1) is 12.0 Å². The van der Waals surface area contributed by atoms with E-state index in [1.807, 2.05) is 32.0 Å². The molecule has 1 fully saturated rings. The Kier molecular flexibility index (Phi) is 9.42. The third-order valence-electron chi connectivity index (χ3n) is 5.47. The van der Waals surface area contributed by atoms with Crippen molar-refractivity contribution in [2.45, 2.75) is 71.2 Å². The van der Waals surface area contributed by atoms with Gasteiger partial charge < -0.3 is 34.3 Å². The molecule has 1 saturated heterocycles. The van der Waals surface area contributed by atoms with Gasteiger partial charge in [0.25, 0.3) is 0 Å². The SMILES string of the molecule is C=CCOC(=O)[C@H]1O[C@@H](OC(=O)C(C)(C)CCCOc2cc(C)ccc2C)[C@@H](O)[C@@H](O)[C@@H]1O. The highest BCUT2D eigenvalue weighted by molar-refractivity contribution is 5.77. The molecule has 0 amide bonds. The fourth-order valence-electron chi connectivity index (χ4n) is 3.29. The first kappa shape index (κ1) is 26.8. The monoisotopic (exact) mass is 466 g/mol. The molecule has 1 heterocycles. The zero-order valence-electron chi connectivity index (χ0n) is 19.5. The van der Waals surface area contributed by atoms with Gasteiger partial charge >= 0.3 is 11.9 Å². The smallest absolute Gasteiger partial charge is 0.338 e. The number of aryl methyl sites for hydroxylation is 2. The van der Waals surface area contributed by atoms with Crippen LogP contribution in [0.5, 0.6) is 5.75 Å². The van der Waals surface area contributed by atoms with E-state index in [2.05, 4.69) is 6.58 Å². The average Bonchev–Trinajstić information content (AvgIpc) is 2.77. The number of carbonyl (C=O) groups excluding carboxylic acids is 2. The number of ether oxygens (including phenoxy) is 4. The van der Waals surface area contributed by atoms with E-state index >= 15 is 0 Å². The van der Waals surface area contributed by atoms with Crippen LogP contribution in [0.25, 0.3) is 0 Å². The number of rotatable bonds is 10. The number of aliphatic hydroxyl groups excluding tert-OH is 3. The Morgan fingerprint density at radius 1 is 1.15 bits per heavy atom. The molecule has 5 atom stereocenters. The Morgan fingerprint density at radius 2 is 1.85 bits per heavy atom. The third kappa shape index (κ3) is 7.01. The van der Waals surface area contributed by atoms with Gasteiger partial charge in [-0.25, -0.2) is 4.79 Å². The lowest BCUT2D eigenvalue weighted by molar-refractivity contribution is -0.289. The second-order valence-electron chi connectivity index (χ2n) is 8.83. The van der Waals surface area contributed by atoms with Crippen molar-refractivity contribution >= 4 is 11.9 Å². The van der Waals surface area contributed by atoms with E-state index in [0.29, 0.717) is 19.4 Å². The normalized spacial score (nSPS) is 25.2. The fourth-order valence-corrected chi connectivity index (χ4v) is 3.29. The second kappa shape index (κ2) is 11.6. The van der Waals surface area contributed by atoms with Crippen molar-refractivity contribution in [3.63, 3.8) is 0 Å². The topological polar surface area (TPSA) is 132 Å². The van der Waals surface area contributed by atoms with E-state index in [1.165, 1.54) is 6.08 Å². The Balaban J connectivity index is 1.93. The van der Waals surface area contributed by atoms with Crippen LogP contribution in [0.4, 0.5) is 0 Å². The van der Waals surface area contributed by atoms with Crippen LogP contribution < -0.4 is 4.74 Å². The minimum atomic E-state index is -1.77. The van der Waals surface area contributed by atoms with E-state index in [4.69, 9.17) is 18.9 Å². The first-order valence-electron chi connectivity index (χ1n) is 10.9. The maximum Gasteiger partial charge on any atom is 0.338 e. The molecule has 0 aliphatic carbocycles. The Labute approximate surface area is 193 Å². The van der Waals surface area contributed by atoms with Crippen molar-refractivity contribution in [2.75, 3.05) is 13.2 Å². The average molecular weight is 467 g/mol. The summed E-state index contributed by atoms with van der Waals surface area (Å²) < 4.78 is 21.2. The van der Waals surface area contributed by atoms with Crippen molar-refractivity contribution in [3.05, 3.63) is 42.0 Å². The molecule has 0 spiro atoms. The molecule has 0 saturated carbocycles. The first-order chi connectivity index (χ1) is 15.5. The molecular weight excluding hydrogens is 432 g/mol. The molecule has 0 bridgehead atoms. The molecular formula is C24H34O9. The molecule has 1 aromatic carbocycles. The Morgan fingerprint density at radius 3 is 2.52 bits per heavy atom. The number of hydrogen-bond acceptors (Lipinski definition) is 9. The maximum atomic E-state index is 12.8. The third-order valence-corrected chi connectivity index (χ3v) is 5.47. The Bertz CT molecular complexity index is 835. The number of hydrogen-bond donors (Lipinski definition) is 3. The minimum Gasteiger partial charge on any atom is -0.493 e. The van der Waals surface area contributed by atoms with E-state index in [0.717, 1.165) is 16.9 Å². The lowest BCUT2D eigenvalue weighted by atomic mass is 9.88. The molecule has 1 aliphatic heterocycles. The predicted octanol–water partition coefficient (Wildman–Crippen LogP) is 1.57. The van der Waals surface area contributed by atoms with Crippen LogP contribution in [0, 0.1) is 19.3 Å². The van der Waals surface area contributed by atoms with Gasteiger partial charge in [-0.1, -0.05) is 24.8 Å². The maximum absolute atomic E-state index is 12.8. The standard InChI is InChI=1S/C24H34O9/c1-6-11-31-21(28)20-18(26)17(25)19(27)22(32-20)33-23(29)24(4,5)10-7-12-30-16-13-14(2)8-9-15(16)3/h6,8-9,13,17-20,22,25-27H,1,7,10-12H2,2-5H3/t17-,18-,19-,20-,22-/m0/s1. The second-order valence-corrected chi connectivity index (χ2v) is 8.83. The summed E-state index contributed by atoms with van der Waals surface area (Å²) in [7, 11) is 0. The summed E-state index contributed by atoms with van der Waals surface area (Å²) in [5.74, 6) is -0.881. The van der Waals surface area contributed by atoms with Crippen LogP contribution in [-0.2, 0) is 23.8 Å². The van der Waals surface area contributed by atoms with E-state index in [1.54, 1.807) is 13.8 Å². The summed E-state index contributed by atoms with van der Waals surface area (Å²) in [6.07, 6.45) is -6.25. The summed E-state index contributed by atoms with van der Waals surface area (Å²) in [6.45, 7) is 10.9. The largest absolute Gasteiger partial charge is 0.493 e. The van der Waals surface area contributed by atoms with Gasteiger partial charge in [-0.2, -0.15) is 0 Å². The molecule has 1 aliphatic rings. The zero-order valence-corrected chi connectivity index (χ0v) is 19.5. The summed E-state index contributed by atoms with van der Waals surface area (Å²) >= 11 is 0. The number of aliphatic hydroxyl groups is 3. The molecule has 9 heteroatoms. The van der Waals surface area contributed by atoms with Crippen LogP contribution in [0.15, 0.2) is 30.9 Å². The number of benzene rings is 1. The molecule has 2 rings (SSSR count). The van der Waals surface area contributed by atoms with Crippen molar-refractivity contribution in [3.8, 4) is 5.75 Å². The van der Waals surface area contributed by atoms with Crippen LogP contribution in [0.1, 0.15) is 37.8 Å². The molecule has 184 valence electrons. The van der Waals surface area contributed by atoms with Gasteiger partial charge in [-0.05, 0) is 57.7 Å². The minimum absolute atomic E-state index is 0.133. The van der Waals surface area contributed by atoms with E-state index in [-0.39, 0.29) is 6.61 Å². The van der Waals surface area contributed by atoms with Gasteiger partial charge in [-0.15, -0.1) is 0 Å². The summed E-state index contributed by atoms with van der Waals surface area (Å²) in [6, 6.07) is 5.93. The van der Waals surface area contributed by atoms with Gasteiger partial charge in [0.15, 0.2) is 6.10 Å². The molecule has 0 radical (unpaired) electrons. The van der Waals surface area contributed by atoms with Crippen LogP contribution >= 0.6 is 0 Å². The van der Waals surface area contributed by atoms with Crippen molar-refractivity contribution < 1.29 is 43.9 Å².